The molecule has 0 aliphatic rings. The van der Waals surface area contributed by atoms with E-state index >= 15 is 0 Å². The third-order valence-electron chi connectivity index (χ3n) is 0.948. The second kappa shape index (κ2) is 7.96. The Morgan fingerprint density at radius 3 is 1.64 bits per heavy atom. The molecule has 0 aliphatic heterocycles. The SMILES string of the molecule is O=S(=O)([O-])CCC(O)S(=O)(=O)[O-].[Na+].[Na+]. The van der Waals surface area contributed by atoms with Crippen molar-refractivity contribution in [2.45, 2.75) is 11.9 Å². The van der Waals surface area contributed by atoms with E-state index in [0.717, 1.165) is 0 Å². The third kappa shape index (κ3) is 11.9. The van der Waals surface area contributed by atoms with Crippen molar-refractivity contribution in [3.05, 3.63) is 0 Å². The van der Waals surface area contributed by atoms with Gasteiger partial charge in [-0.1, -0.05) is 0 Å². The molecule has 14 heavy (non-hydrogen) atoms. The van der Waals surface area contributed by atoms with Gasteiger partial charge in [0.15, 0.2) is 0 Å². The summed E-state index contributed by atoms with van der Waals surface area (Å²) < 4.78 is 59.5. The van der Waals surface area contributed by atoms with E-state index in [9.17, 15) is 25.9 Å². The van der Waals surface area contributed by atoms with Gasteiger partial charge in [0.05, 0.1) is 10.1 Å². The normalized spacial score (nSPS) is 13.6. The summed E-state index contributed by atoms with van der Waals surface area (Å²) in [7, 11) is -9.52. The van der Waals surface area contributed by atoms with Gasteiger partial charge in [0.25, 0.3) is 0 Å². The van der Waals surface area contributed by atoms with Crippen molar-refractivity contribution in [3.63, 3.8) is 0 Å². The molecule has 0 amide bonds. The van der Waals surface area contributed by atoms with Crippen molar-refractivity contribution < 1.29 is 90.2 Å². The number of hydrogen-bond donors (Lipinski definition) is 1. The summed E-state index contributed by atoms with van der Waals surface area (Å²) in [6.07, 6.45) is -0.891. The van der Waals surface area contributed by atoms with Crippen molar-refractivity contribution in [2.75, 3.05) is 5.75 Å². The maximum Gasteiger partial charge on any atom is 1.00 e. The predicted molar refractivity (Wildman–Crippen MR) is 34.9 cm³/mol. The Bertz CT molecular complexity index is 332. The molecule has 7 nitrogen and oxygen atoms in total. The molecule has 0 heterocycles. The van der Waals surface area contributed by atoms with Gasteiger partial charge in [0.2, 0.25) is 0 Å². The fraction of sp³-hybridized carbons (Fsp3) is 1.00. The van der Waals surface area contributed by atoms with E-state index in [1.54, 1.807) is 0 Å². The molecule has 74 valence electrons. The van der Waals surface area contributed by atoms with E-state index in [2.05, 4.69) is 0 Å². The van der Waals surface area contributed by atoms with Gasteiger partial charge in [-0.2, -0.15) is 0 Å². The molecule has 0 saturated carbocycles. The number of aliphatic hydroxyl groups is 1. The third-order valence-corrected chi connectivity index (χ3v) is 2.59. The van der Waals surface area contributed by atoms with Crippen LogP contribution in [0.3, 0.4) is 0 Å². The zero-order valence-electron chi connectivity index (χ0n) is 7.70. The van der Waals surface area contributed by atoms with Crippen molar-refractivity contribution in [2.24, 2.45) is 0 Å². The van der Waals surface area contributed by atoms with Crippen LogP contribution in [0.5, 0.6) is 0 Å². The van der Waals surface area contributed by atoms with Gasteiger partial charge in [0.1, 0.15) is 15.6 Å². The van der Waals surface area contributed by atoms with Gasteiger partial charge in [-0.25, -0.2) is 16.8 Å². The van der Waals surface area contributed by atoms with E-state index < -0.39 is 37.8 Å². The topological polar surface area (TPSA) is 135 Å². The van der Waals surface area contributed by atoms with Crippen LogP contribution in [0.1, 0.15) is 6.42 Å². The van der Waals surface area contributed by atoms with E-state index in [4.69, 9.17) is 5.11 Å². The molecule has 0 saturated heterocycles. The number of rotatable bonds is 4. The van der Waals surface area contributed by atoms with Gasteiger partial charge in [-0.05, 0) is 6.42 Å². The van der Waals surface area contributed by atoms with Gasteiger partial charge >= 0.3 is 59.1 Å². The molecule has 0 aliphatic carbocycles. The van der Waals surface area contributed by atoms with Crippen LogP contribution in [0.2, 0.25) is 0 Å². The van der Waals surface area contributed by atoms with Crippen molar-refractivity contribution in [3.8, 4) is 0 Å². The molecule has 1 N–H and O–H groups in total. The number of aliphatic hydroxyl groups excluding tert-OH is 1. The summed E-state index contributed by atoms with van der Waals surface area (Å²) in [5.74, 6) is -1.07. The molecule has 0 fully saturated rings. The van der Waals surface area contributed by atoms with Gasteiger partial charge in [-0.3, -0.25) is 0 Å². The van der Waals surface area contributed by atoms with Gasteiger partial charge < -0.3 is 14.2 Å². The van der Waals surface area contributed by atoms with Crippen LogP contribution < -0.4 is 59.1 Å². The molecule has 0 aromatic heterocycles. The summed E-state index contributed by atoms with van der Waals surface area (Å²) >= 11 is 0. The van der Waals surface area contributed by atoms with E-state index in [-0.39, 0.29) is 59.1 Å². The summed E-state index contributed by atoms with van der Waals surface area (Å²) in [4.78, 5) is 0. The van der Waals surface area contributed by atoms with Gasteiger partial charge in [0, 0.05) is 5.75 Å². The first-order valence-electron chi connectivity index (χ1n) is 2.69. The zero-order valence-corrected chi connectivity index (χ0v) is 13.3. The van der Waals surface area contributed by atoms with Crippen molar-refractivity contribution in [1.82, 2.24) is 0 Å². The molecule has 0 aromatic rings. The minimum absolute atomic E-state index is 0. The first-order valence-corrected chi connectivity index (χ1v) is 5.74. The summed E-state index contributed by atoms with van der Waals surface area (Å²) in [5.41, 5.74) is -2.33. The van der Waals surface area contributed by atoms with Gasteiger partial charge in [-0.15, -0.1) is 0 Å². The van der Waals surface area contributed by atoms with Crippen LogP contribution in [0.15, 0.2) is 0 Å². The first kappa shape index (κ1) is 21.1. The maximum atomic E-state index is 9.95. The average molecular weight is 264 g/mol. The number of hydrogen-bond acceptors (Lipinski definition) is 7. The Labute approximate surface area is 126 Å². The molecule has 1 atom stereocenters. The van der Waals surface area contributed by atoms with Crippen LogP contribution >= 0.6 is 0 Å². The van der Waals surface area contributed by atoms with Crippen LogP contribution in [0.25, 0.3) is 0 Å². The molecular formula is C3H6Na2O7S2. The van der Waals surface area contributed by atoms with E-state index in [0.29, 0.717) is 0 Å². The van der Waals surface area contributed by atoms with Crippen LogP contribution in [0, 0.1) is 0 Å². The molecule has 0 bridgehead atoms. The summed E-state index contributed by atoms with van der Waals surface area (Å²) in [5, 5.41) is 8.45. The second-order valence-corrected chi connectivity index (χ2v) is 5.05. The second-order valence-electron chi connectivity index (χ2n) is 2.00. The molecule has 1 unspecified atom stereocenters. The smallest absolute Gasteiger partial charge is 0.748 e. The van der Waals surface area contributed by atoms with Crippen molar-refractivity contribution >= 4 is 20.2 Å². The maximum absolute atomic E-state index is 9.95. The molecule has 11 heteroatoms. The first-order chi connectivity index (χ1) is 5.13. The molecular weight excluding hydrogens is 258 g/mol. The van der Waals surface area contributed by atoms with Crippen LogP contribution in [-0.4, -0.2) is 42.2 Å². The van der Waals surface area contributed by atoms with Crippen LogP contribution in [-0.2, 0) is 20.2 Å². The van der Waals surface area contributed by atoms with E-state index in [1.807, 2.05) is 0 Å². The summed E-state index contributed by atoms with van der Waals surface area (Å²) in [6, 6.07) is 0. The quantitative estimate of drug-likeness (QED) is 0.393. The average Bonchev–Trinajstić information content (AvgIpc) is 1.78. The fourth-order valence-electron chi connectivity index (χ4n) is 0.389. The monoisotopic (exact) mass is 264 g/mol. The Morgan fingerprint density at radius 2 is 1.43 bits per heavy atom. The minimum atomic E-state index is -4.92. The largest absolute Gasteiger partial charge is 1.00 e. The van der Waals surface area contributed by atoms with Crippen LogP contribution in [0.4, 0.5) is 0 Å². The molecule has 0 aromatic carbocycles. The predicted octanol–water partition coefficient (Wildman–Crippen LogP) is -8.21. The van der Waals surface area contributed by atoms with Crippen molar-refractivity contribution in [1.29, 1.82) is 0 Å². The summed E-state index contributed by atoms with van der Waals surface area (Å²) in [6.45, 7) is 0. The molecule has 0 spiro atoms. The van der Waals surface area contributed by atoms with E-state index in [1.165, 1.54) is 0 Å². The Morgan fingerprint density at radius 1 is 1.07 bits per heavy atom. The standard InChI is InChI=1S/C3H8O7S2.2Na/c4-3(12(8,9)10)1-2-11(5,6)7;;/h3-4H,1-2H2,(H,5,6,7)(H,8,9,10);;/q;2*+1/p-2. The Balaban J connectivity index is -0.000000605. The fourth-order valence-corrected chi connectivity index (χ4v) is 1.46. The Kier molecular flexibility index (Phi) is 12.0. The molecule has 0 rings (SSSR count). The minimum Gasteiger partial charge on any atom is -0.748 e. The Hall–Kier alpha value is 1.78. The zero-order chi connectivity index (χ0) is 9.99. The molecule has 0 radical (unpaired) electrons.